The molecule has 0 aliphatic rings. The van der Waals surface area contributed by atoms with E-state index in [0.717, 1.165) is 26.1 Å². The van der Waals surface area contributed by atoms with E-state index in [0.29, 0.717) is 6.54 Å². The average Bonchev–Trinajstić information content (AvgIpc) is 2.76. The van der Waals surface area contributed by atoms with Gasteiger partial charge in [0, 0.05) is 32.9 Å². The van der Waals surface area contributed by atoms with E-state index in [-0.39, 0.29) is 6.04 Å². The standard InChI is InChI=1S/C12H24N4O/c1-4-5-16-10-14-9-12(16)11(8-13)15(2)6-7-17-3/h9-11H,4-8,13H2,1-3H3. The monoisotopic (exact) mass is 240 g/mol. The van der Waals surface area contributed by atoms with Crippen LogP contribution in [-0.2, 0) is 11.3 Å². The zero-order valence-electron chi connectivity index (χ0n) is 11.1. The largest absolute Gasteiger partial charge is 0.383 e. The van der Waals surface area contributed by atoms with Gasteiger partial charge in [0.05, 0.1) is 24.7 Å². The number of aryl methyl sites for hydroxylation is 1. The highest BCUT2D eigenvalue weighted by molar-refractivity contribution is 5.06. The average molecular weight is 240 g/mol. The zero-order valence-corrected chi connectivity index (χ0v) is 11.1. The molecular formula is C12H24N4O. The van der Waals surface area contributed by atoms with Crippen LogP contribution >= 0.6 is 0 Å². The molecule has 0 aliphatic carbocycles. The van der Waals surface area contributed by atoms with Crippen molar-refractivity contribution in [2.75, 3.05) is 33.9 Å². The summed E-state index contributed by atoms with van der Waals surface area (Å²) in [5.41, 5.74) is 7.07. The van der Waals surface area contributed by atoms with Gasteiger partial charge in [-0.25, -0.2) is 4.98 Å². The third-order valence-corrected chi connectivity index (χ3v) is 2.95. The lowest BCUT2D eigenvalue weighted by atomic mass is 10.2. The molecule has 1 unspecified atom stereocenters. The predicted octanol–water partition coefficient (Wildman–Crippen LogP) is 0.871. The third kappa shape index (κ3) is 3.80. The SMILES string of the molecule is CCCn1cncc1C(CN)N(C)CCOC. The fourth-order valence-electron chi connectivity index (χ4n) is 1.95. The summed E-state index contributed by atoms with van der Waals surface area (Å²) in [6, 6.07) is 0.208. The number of methoxy groups -OCH3 is 1. The number of ether oxygens (including phenoxy) is 1. The molecular weight excluding hydrogens is 216 g/mol. The second kappa shape index (κ2) is 7.42. The van der Waals surface area contributed by atoms with E-state index in [2.05, 4.69) is 28.4 Å². The van der Waals surface area contributed by atoms with Gasteiger partial charge >= 0.3 is 0 Å². The van der Waals surface area contributed by atoms with Gasteiger partial charge in [-0.1, -0.05) is 6.92 Å². The van der Waals surface area contributed by atoms with Crippen molar-refractivity contribution < 1.29 is 4.74 Å². The lowest BCUT2D eigenvalue weighted by Gasteiger charge is -2.27. The maximum absolute atomic E-state index is 5.88. The summed E-state index contributed by atoms with van der Waals surface area (Å²) in [4.78, 5) is 6.44. The van der Waals surface area contributed by atoms with Crippen LogP contribution in [0.1, 0.15) is 25.1 Å². The maximum atomic E-state index is 5.88. The van der Waals surface area contributed by atoms with E-state index < -0.39 is 0 Å². The molecule has 1 aromatic heterocycles. The quantitative estimate of drug-likeness (QED) is 0.732. The van der Waals surface area contributed by atoms with Crippen LogP contribution in [0.3, 0.4) is 0 Å². The Morgan fingerprint density at radius 1 is 1.59 bits per heavy atom. The van der Waals surface area contributed by atoms with Crippen LogP contribution in [0, 0.1) is 0 Å². The second-order valence-corrected chi connectivity index (χ2v) is 4.24. The number of nitrogens with two attached hydrogens (primary N) is 1. The minimum atomic E-state index is 0.208. The molecule has 5 nitrogen and oxygen atoms in total. The van der Waals surface area contributed by atoms with Crippen molar-refractivity contribution in [1.82, 2.24) is 14.5 Å². The molecule has 0 spiro atoms. The van der Waals surface area contributed by atoms with Gasteiger partial charge in [0.2, 0.25) is 0 Å². The van der Waals surface area contributed by atoms with E-state index in [9.17, 15) is 0 Å². The highest BCUT2D eigenvalue weighted by atomic mass is 16.5. The normalized spacial score (nSPS) is 13.2. The molecule has 1 heterocycles. The Morgan fingerprint density at radius 2 is 2.35 bits per heavy atom. The van der Waals surface area contributed by atoms with Gasteiger partial charge < -0.3 is 15.0 Å². The molecule has 0 bridgehead atoms. The topological polar surface area (TPSA) is 56.3 Å². The Bertz CT molecular complexity index is 313. The van der Waals surface area contributed by atoms with Crippen molar-refractivity contribution in [3.8, 4) is 0 Å². The first-order valence-corrected chi connectivity index (χ1v) is 6.13. The summed E-state index contributed by atoms with van der Waals surface area (Å²) >= 11 is 0. The first kappa shape index (κ1) is 14.2. The Balaban J connectivity index is 2.74. The first-order valence-electron chi connectivity index (χ1n) is 6.13. The van der Waals surface area contributed by atoms with Gasteiger partial charge in [-0.15, -0.1) is 0 Å². The van der Waals surface area contributed by atoms with E-state index in [1.54, 1.807) is 7.11 Å². The van der Waals surface area contributed by atoms with Gasteiger partial charge in [0.25, 0.3) is 0 Å². The number of hydrogen-bond acceptors (Lipinski definition) is 4. The van der Waals surface area contributed by atoms with Crippen molar-refractivity contribution >= 4 is 0 Å². The van der Waals surface area contributed by atoms with Crippen molar-refractivity contribution in [1.29, 1.82) is 0 Å². The molecule has 0 aromatic carbocycles. The molecule has 5 heteroatoms. The number of aromatic nitrogens is 2. The molecule has 1 rings (SSSR count). The summed E-state index contributed by atoms with van der Waals surface area (Å²) in [5, 5.41) is 0. The Kier molecular flexibility index (Phi) is 6.18. The molecule has 0 fully saturated rings. The summed E-state index contributed by atoms with van der Waals surface area (Å²) in [5.74, 6) is 0. The first-order chi connectivity index (χ1) is 8.24. The van der Waals surface area contributed by atoms with Crippen molar-refractivity contribution in [3.05, 3.63) is 18.2 Å². The lowest BCUT2D eigenvalue weighted by molar-refractivity contribution is 0.138. The number of rotatable bonds is 8. The van der Waals surface area contributed by atoms with Crippen molar-refractivity contribution in [3.63, 3.8) is 0 Å². The summed E-state index contributed by atoms with van der Waals surface area (Å²) < 4.78 is 7.28. The fourth-order valence-corrected chi connectivity index (χ4v) is 1.95. The molecule has 0 radical (unpaired) electrons. The zero-order chi connectivity index (χ0) is 12.7. The molecule has 1 atom stereocenters. The van der Waals surface area contributed by atoms with Gasteiger partial charge in [-0.3, -0.25) is 4.90 Å². The maximum Gasteiger partial charge on any atom is 0.0948 e. The smallest absolute Gasteiger partial charge is 0.0948 e. The number of nitrogens with zero attached hydrogens (tertiary/aromatic N) is 3. The summed E-state index contributed by atoms with van der Waals surface area (Å²) in [6.07, 6.45) is 4.89. The molecule has 2 N–H and O–H groups in total. The number of hydrogen-bond donors (Lipinski definition) is 1. The van der Waals surface area contributed by atoms with Crippen LogP contribution in [0.25, 0.3) is 0 Å². The molecule has 0 saturated carbocycles. The predicted molar refractivity (Wildman–Crippen MR) is 68.8 cm³/mol. The summed E-state index contributed by atoms with van der Waals surface area (Å²) in [6.45, 7) is 5.33. The number of likely N-dealkylation sites (N-methyl/N-ethyl adjacent to an activating group) is 1. The third-order valence-electron chi connectivity index (χ3n) is 2.95. The van der Waals surface area contributed by atoms with Gasteiger partial charge in [-0.2, -0.15) is 0 Å². The van der Waals surface area contributed by atoms with E-state index in [4.69, 9.17) is 10.5 Å². The van der Waals surface area contributed by atoms with Crippen molar-refractivity contribution in [2.24, 2.45) is 5.73 Å². The van der Waals surface area contributed by atoms with Crippen LogP contribution in [0.2, 0.25) is 0 Å². The summed E-state index contributed by atoms with van der Waals surface area (Å²) in [7, 11) is 3.78. The van der Waals surface area contributed by atoms with E-state index >= 15 is 0 Å². The van der Waals surface area contributed by atoms with Crippen LogP contribution in [0.4, 0.5) is 0 Å². The Hall–Kier alpha value is -0.910. The highest BCUT2D eigenvalue weighted by Crippen LogP contribution is 2.17. The van der Waals surface area contributed by atoms with E-state index in [1.165, 1.54) is 5.69 Å². The number of imidazole rings is 1. The molecule has 0 saturated heterocycles. The molecule has 98 valence electrons. The second-order valence-electron chi connectivity index (χ2n) is 4.24. The Morgan fingerprint density at radius 3 is 2.94 bits per heavy atom. The Labute approximate surface area is 104 Å². The van der Waals surface area contributed by atoms with Crippen LogP contribution in [0.5, 0.6) is 0 Å². The van der Waals surface area contributed by atoms with Gasteiger partial charge in [-0.05, 0) is 13.5 Å². The molecule has 17 heavy (non-hydrogen) atoms. The highest BCUT2D eigenvalue weighted by Gasteiger charge is 2.18. The van der Waals surface area contributed by atoms with Crippen LogP contribution in [0.15, 0.2) is 12.5 Å². The molecule has 0 aliphatic heterocycles. The minimum Gasteiger partial charge on any atom is -0.383 e. The van der Waals surface area contributed by atoms with E-state index in [1.807, 2.05) is 12.5 Å². The lowest BCUT2D eigenvalue weighted by Crippen LogP contribution is -2.34. The van der Waals surface area contributed by atoms with Crippen molar-refractivity contribution in [2.45, 2.75) is 25.9 Å². The molecule has 1 aromatic rings. The van der Waals surface area contributed by atoms with Crippen LogP contribution < -0.4 is 5.73 Å². The van der Waals surface area contributed by atoms with Crippen LogP contribution in [-0.4, -0.2) is 48.3 Å². The van der Waals surface area contributed by atoms with Gasteiger partial charge in [0.1, 0.15) is 0 Å². The fraction of sp³-hybridized carbons (Fsp3) is 0.750. The molecule has 0 amide bonds. The minimum absolute atomic E-state index is 0.208. The van der Waals surface area contributed by atoms with Gasteiger partial charge in [0.15, 0.2) is 0 Å².